The summed E-state index contributed by atoms with van der Waals surface area (Å²) < 4.78 is 5.89. The molecule has 3 nitrogen and oxygen atoms in total. The normalized spacial score (nSPS) is 24.8. The van der Waals surface area contributed by atoms with E-state index in [0.29, 0.717) is 18.7 Å². The average molecular weight is 263 g/mol. The van der Waals surface area contributed by atoms with Crippen LogP contribution in [0, 0.1) is 0 Å². The number of hydrogen-bond donors (Lipinski definition) is 2. The van der Waals surface area contributed by atoms with Gasteiger partial charge in [-0.2, -0.15) is 0 Å². The summed E-state index contributed by atoms with van der Waals surface area (Å²) in [6.07, 6.45) is 2.02. The van der Waals surface area contributed by atoms with Crippen LogP contribution in [0.2, 0.25) is 0 Å². The van der Waals surface area contributed by atoms with Crippen LogP contribution in [0.25, 0.3) is 0 Å². The van der Waals surface area contributed by atoms with Gasteiger partial charge in [0, 0.05) is 12.6 Å². The molecule has 0 heterocycles. The molecule has 0 aliphatic heterocycles. The van der Waals surface area contributed by atoms with E-state index >= 15 is 0 Å². The minimum atomic E-state index is -0.427. The Hall–Kier alpha value is -0.900. The van der Waals surface area contributed by atoms with Crippen LogP contribution in [0.4, 0.5) is 0 Å². The lowest BCUT2D eigenvalue weighted by atomic mass is 9.88. The van der Waals surface area contributed by atoms with Gasteiger partial charge in [-0.05, 0) is 39.2 Å². The average Bonchev–Trinajstić information content (AvgIpc) is 2.31. The van der Waals surface area contributed by atoms with E-state index in [1.165, 1.54) is 0 Å². The third kappa shape index (κ3) is 4.60. The van der Waals surface area contributed by atoms with Crippen molar-refractivity contribution in [2.75, 3.05) is 6.54 Å². The Labute approximate surface area is 116 Å². The largest absolute Gasteiger partial charge is 0.387 e. The second kappa shape index (κ2) is 6.04. The molecule has 0 spiro atoms. The standard InChI is InChI=1S/C16H25NO2/c1-16(2,3)19-14-9-13(10-14)17-11-15(18)12-7-5-4-6-8-12/h4-8,13-15,17-18H,9-11H2,1-3H3. The molecule has 0 amide bonds. The SMILES string of the molecule is CC(C)(C)OC1CC(NCC(O)c2ccccc2)C1. The van der Waals surface area contributed by atoms with E-state index in [1.54, 1.807) is 0 Å². The van der Waals surface area contributed by atoms with Crippen LogP contribution >= 0.6 is 0 Å². The van der Waals surface area contributed by atoms with Gasteiger partial charge in [0.15, 0.2) is 0 Å². The smallest absolute Gasteiger partial charge is 0.0914 e. The zero-order valence-electron chi connectivity index (χ0n) is 12.1. The molecule has 0 aromatic heterocycles. The van der Waals surface area contributed by atoms with Gasteiger partial charge in [-0.3, -0.25) is 0 Å². The maximum atomic E-state index is 10.0. The molecule has 0 bridgehead atoms. The maximum absolute atomic E-state index is 10.0. The molecular weight excluding hydrogens is 238 g/mol. The highest BCUT2D eigenvalue weighted by molar-refractivity contribution is 5.17. The van der Waals surface area contributed by atoms with Gasteiger partial charge >= 0.3 is 0 Å². The Morgan fingerprint density at radius 3 is 2.47 bits per heavy atom. The molecule has 1 atom stereocenters. The van der Waals surface area contributed by atoms with E-state index in [1.807, 2.05) is 30.3 Å². The Morgan fingerprint density at radius 1 is 1.26 bits per heavy atom. The summed E-state index contributed by atoms with van der Waals surface area (Å²) in [6.45, 7) is 6.88. The third-order valence-corrected chi connectivity index (χ3v) is 3.40. The minimum absolute atomic E-state index is 0.0564. The van der Waals surface area contributed by atoms with Crippen LogP contribution in [0.15, 0.2) is 30.3 Å². The molecular formula is C16H25NO2. The monoisotopic (exact) mass is 263 g/mol. The number of rotatable bonds is 5. The van der Waals surface area contributed by atoms with Crippen LogP contribution in [-0.2, 0) is 4.74 Å². The lowest BCUT2D eigenvalue weighted by Crippen LogP contribution is -2.48. The summed E-state index contributed by atoms with van der Waals surface area (Å²) in [4.78, 5) is 0. The first kappa shape index (κ1) is 14.5. The van der Waals surface area contributed by atoms with Crippen LogP contribution in [0.1, 0.15) is 45.3 Å². The molecule has 1 unspecified atom stereocenters. The van der Waals surface area contributed by atoms with Gasteiger partial charge in [-0.1, -0.05) is 30.3 Å². The quantitative estimate of drug-likeness (QED) is 0.858. The number of benzene rings is 1. The minimum Gasteiger partial charge on any atom is -0.387 e. The van der Waals surface area contributed by atoms with E-state index in [0.717, 1.165) is 18.4 Å². The molecule has 1 aromatic carbocycles. The molecule has 106 valence electrons. The van der Waals surface area contributed by atoms with Gasteiger partial charge in [0.25, 0.3) is 0 Å². The molecule has 19 heavy (non-hydrogen) atoms. The van der Waals surface area contributed by atoms with Crippen molar-refractivity contribution in [1.29, 1.82) is 0 Å². The van der Waals surface area contributed by atoms with Crippen molar-refractivity contribution in [3.05, 3.63) is 35.9 Å². The lowest BCUT2D eigenvalue weighted by Gasteiger charge is -2.40. The van der Waals surface area contributed by atoms with E-state index < -0.39 is 6.10 Å². The Kier molecular flexibility index (Phi) is 4.61. The first-order valence-corrected chi connectivity index (χ1v) is 7.08. The van der Waals surface area contributed by atoms with Crippen molar-refractivity contribution in [2.45, 2.75) is 57.5 Å². The number of aliphatic hydroxyl groups is 1. The predicted octanol–water partition coefficient (Wildman–Crippen LogP) is 2.66. The van der Waals surface area contributed by atoms with Crippen LogP contribution in [0.3, 0.4) is 0 Å². The fourth-order valence-corrected chi connectivity index (χ4v) is 2.40. The fraction of sp³-hybridized carbons (Fsp3) is 0.625. The van der Waals surface area contributed by atoms with E-state index in [4.69, 9.17) is 4.74 Å². The number of aliphatic hydroxyl groups excluding tert-OH is 1. The first-order chi connectivity index (χ1) is 8.94. The molecule has 1 saturated carbocycles. The van der Waals surface area contributed by atoms with Crippen molar-refractivity contribution >= 4 is 0 Å². The van der Waals surface area contributed by atoms with Crippen LogP contribution in [-0.4, -0.2) is 29.4 Å². The number of nitrogens with one attached hydrogen (secondary N) is 1. The van der Waals surface area contributed by atoms with Crippen molar-refractivity contribution in [2.24, 2.45) is 0 Å². The topological polar surface area (TPSA) is 41.5 Å². The van der Waals surface area contributed by atoms with E-state index in [9.17, 15) is 5.11 Å². The van der Waals surface area contributed by atoms with Gasteiger partial charge < -0.3 is 15.2 Å². The van der Waals surface area contributed by atoms with Gasteiger partial charge in [0.1, 0.15) is 0 Å². The summed E-state index contributed by atoms with van der Waals surface area (Å²) in [5.41, 5.74) is 0.913. The molecule has 1 aliphatic rings. The zero-order valence-corrected chi connectivity index (χ0v) is 12.1. The lowest BCUT2D eigenvalue weighted by molar-refractivity contribution is -0.103. The molecule has 0 radical (unpaired) electrons. The Balaban J connectivity index is 1.66. The summed E-state index contributed by atoms with van der Waals surface area (Å²) in [6, 6.07) is 10.3. The number of ether oxygens (including phenoxy) is 1. The Bertz CT molecular complexity index is 379. The highest BCUT2D eigenvalue weighted by Gasteiger charge is 2.32. The van der Waals surface area contributed by atoms with Crippen molar-refractivity contribution < 1.29 is 9.84 Å². The molecule has 1 aromatic rings. The van der Waals surface area contributed by atoms with Crippen molar-refractivity contribution in [3.63, 3.8) is 0 Å². The first-order valence-electron chi connectivity index (χ1n) is 7.08. The molecule has 0 saturated heterocycles. The summed E-state index contributed by atoms with van der Waals surface area (Å²) in [5, 5.41) is 13.5. The van der Waals surface area contributed by atoms with Crippen LogP contribution < -0.4 is 5.32 Å². The van der Waals surface area contributed by atoms with Gasteiger partial charge in [-0.15, -0.1) is 0 Å². The van der Waals surface area contributed by atoms with Gasteiger partial charge in [-0.25, -0.2) is 0 Å². The summed E-state index contributed by atoms with van der Waals surface area (Å²) >= 11 is 0. The maximum Gasteiger partial charge on any atom is 0.0914 e. The Morgan fingerprint density at radius 2 is 1.89 bits per heavy atom. The zero-order chi connectivity index (χ0) is 13.9. The van der Waals surface area contributed by atoms with Gasteiger partial charge in [0.2, 0.25) is 0 Å². The fourth-order valence-electron chi connectivity index (χ4n) is 2.40. The van der Waals surface area contributed by atoms with Crippen molar-refractivity contribution in [1.82, 2.24) is 5.32 Å². The van der Waals surface area contributed by atoms with Crippen molar-refractivity contribution in [3.8, 4) is 0 Å². The van der Waals surface area contributed by atoms with E-state index in [-0.39, 0.29) is 5.60 Å². The highest BCUT2D eigenvalue weighted by atomic mass is 16.5. The second-order valence-corrected chi connectivity index (χ2v) is 6.36. The van der Waals surface area contributed by atoms with Gasteiger partial charge in [0.05, 0.1) is 17.8 Å². The number of hydrogen-bond acceptors (Lipinski definition) is 3. The third-order valence-electron chi connectivity index (χ3n) is 3.40. The molecule has 3 heteroatoms. The molecule has 1 fully saturated rings. The second-order valence-electron chi connectivity index (χ2n) is 6.36. The summed E-state index contributed by atoms with van der Waals surface area (Å²) in [7, 11) is 0. The van der Waals surface area contributed by atoms with Crippen LogP contribution in [0.5, 0.6) is 0 Å². The molecule has 2 rings (SSSR count). The molecule has 1 aliphatic carbocycles. The molecule has 2 N–H and O–H groups in total. The highest BCUT2D eigenvalue weighted by Crippen LogP contribution is 2.28. The summed E-state index contributed by atoms with van der Waals surface area (Å²) in [5.74, 6) is 0. The predicted molar refractivity (Wildman–Crippen MR) is 77.1 cm³/mol. The van der Waals surface area contributed by atoms with E-state index in [2.05, 4.69) is 26.1 Å².